The molecule has 0 atom stereocenters. The zero-order valence-corrected chi connectivity index (χ0v) is 15.9. The van der Waals surface area contributed by atoms with Crippen LogP contribution in [0, 0.1) is 0 Å². The number of hydrogen-bond acceptors (Lipinski definition) is 5. The Morgan fingerprint density at radius 2 is 1.75 bits per heavy atom. The Kier molecular flexibility index (Phi) is 4.73. The molecule has 4 rings (SSSR count). The van der Waals surface area contributed by atoms with Gasteiger partial charge in [0.25, 0.3) is 0 Å². The van der Waals surface area contributed by atoms with E-state index in [1.807, 2.05) is 23.1 Å². The van der Waals surface area contributed by atoms with Gasteiger partial charge in [0.2, 0.25) is 5.91 Å². The van der Waals surface area contributed by atoms with E-state index in [4.69, 9.17) is 4.74 Å². The van der Waals surface area contributed by atoms with E-state index >= 15 is 0 Å². The Hall–Kier alpha value is -3.35. The maximum atomic E-state index is 11.7. The summed E-state index contributed by atoms with van der Waals surface area (Å²) in [5, 5.41) is 0. The SMILES string of the molecule is COC(=O)c1ccc2nc(-c3ccc(N4CCN(C(C)=O)CC4)cc3)[nH]c2c1. The topological polar surface area (TPSA) is 78.5 Å². The average molecular weight is 378 g/mol. The molecule has 7 nitrogen and oxygen atoms in total. The van der Waals surface area contributed by atoms with Gasteiger partial charge in [-0.15, -0.1) is 0 Å². The molecule has 0 saturated carbocycles. The first kappa shape index (κ1) is 18.0. The number of carbonyl (C=O) groups excluding carboxylic acids is 2. The van der Waals surface area contributed by atoms with Crippen molar-refractivity contribution in [2.24, 2.45) is 0 Å². The van der Waals surface area contributed by atoms with Crippen molar-refractivity contribution in [1.82, 2.24) is 14.9 Å². The molecule has 144 valence electrons. The lowest BCUT2D eigenvalue weighted by molar-refractivity contribution is -0.129. The van der Waals surface area contributed by atoms with Gasteiger partial charge in [0.05, 0.1) is 23.7 Å². The van der Waals surface area contributed by atoms with Crippen LogP contribution in [0.4, 0.5) is 5.69 Å². The van der Waals surface area contributed by atoms with E-state index < -0.39 is 0 Å². The van der Waals surface area contributed by atoms with Crippen molar-refractivity contribution in [3.63, 3.8) is 0 Å². The Morgan fingerprint density at radius 1 is 1.04 bits per heavy atom. The lowest BCUT2D eigenvalue weighted by atomic mass is 10.1. The molecule has 1 amide bonds. The highest BCUT2D eigenvalue weighted by molar-refractivity contribution is 5.94. The Balaban J connectivity index is 1.52. The molecule has 1 fully saturated rings. The second-order valence-corrected chi connectivity index (χ2v) is 6.85. The number of benzene rings is 2. The van der Waals surface area contributed by atoms with Crippen LogP contribution >= 0.6 is 0 Å². The first-order chi connectivity index (χ1) is 13.5. The summed E-state index contributed by atoms with van der Waals surface area (Å²) in [4.78, 5) is 35.2. The maximum Gasteiger partial charge on any atom is 0.337 e. The molecule has 3 aromatic rings. The summed E-state index contributed by atoms with van der Waals surface area (Å²) in [6.45, 7) is 4.79. The van der Waals surface area contributed by atoms with E-state index in [1.54, 1.807) is 19.1 Å². The molecule has 0 bridgehead atoms. The maximum absolute atomic E-state index is 11.7. The third-order valence-electron chi connectivity index (χ3n) is 5.13. The second kappa shape index (κ2) is 7.34. The molecule has 7 heteroatoms. The predicted octanol–water partition coefficient (Wildman–Crippen LogP) is 2.69. The molecule has 2 heterocycles. The Morgan fingerprint density at radius 3 is 2.39 bits per heavy atom. The number of ether oxygens (including phenoxy) is 1. The quantitative estimate of drug-likeness (QED) is 0.709. The normalized spacial score (nSPS) is 14.4. The van der Waals surface area contributed by atoms with Crippen LogP contribution in [0.1, 0.15) is 17.3 Å². The van der Waals surface area contributed by atoms with Crippen LogP contribution in [-0.2, 0) is 9.53 Å². The Bertz CT molecular complexity index is 1020. The van der Waals surface area contributed by atoms with Gasteiger partial charge in [-0.25, -0.2) is 9.78 Å². The lowest BCUT2D eigenvalue weighted by Crippen LogP contribution is -2.48. The molecule has 1 aromatic heterocycles. The first-order valence-electron chi connectivity index (χ1n) is 9.24. The third-order valence-corrected chi connectivity index (χ3v) is 5.13. The van der Waals surface area contributed by atoms with E-state index in [1.165, 1.54) is 7.11 Å². The fraction of sp³-hybridized carbons (Fsp3) is 0.286. The summed E-state index contributed by atoms with van der Waals surface area (Å²) in [5.41, 5.74) is 4.19. The van der Waals surface area contributed by atoms with Crippen LogP contribution in [0.2, 0.25) is 0 Å². The zero-order chi connectivity index (χ0) is 19.7. The zero-order valence-electron chi connectivity index (χ0n) is 15.9. The highest BCUT2D eigenvalue weighted by Crippen LogP contribution is 2.25. The molecule has 0 radical (unpaired) electrons. The number of amides is 1. The van der Waals surface area contributed by atoms with Crippen LogP contribution in [0.3, 0.4) is 0 Å². The van der Waals surface area contributed by atoms with Crippen LogP contribution in [0.15, 0.2) is 42.5 Å². The molecule has 0 spiro atoms. The fourth-order valence-corrected chi connectivity index (χ4v) is 3.50. The molecule has 1 aliphatic heterocycles. The average Bonchev–Trinajstić information content (AvgIpc) is 3.16. The van der Waals surface area contributed by atoms with Gasteiger partial charge in [0.1, 0.15) is 5.82 Å². The van der Waals surface area contributed by atoms with Crippen molar-refractivity contribution >= 4 is 28.6 Å². The molecule has 0 aliphatic carbocycles. The number of nitrogens with one attached hydrogen (secondary N) is 1. The van der Waals surface area contributed by atoms with Gasteiger partial charge in [-0.3, -0.25) is 4.79 Å². The van der Waals surface area contributed by atoms with Gasteiger partial charge in [-0.05, 0) is 42.5 Å². The summed E-state index contributed by atoms with van der Waals surface area (Å²) in [6.07, 6.45) is 0. The van der Waals surface area contributed by atoms with Crippen molar-refractivity contribution in [3.8, 4) is 11.4 Å². The third kappa shape index (κ3) is 3.43. The number of nitrogens with zero attached hydrogens (tertiary/aromatic N) is 3. The summed E-state index contributed by atoms with van der Waals surface area (Å²) < 4.78 is 4.77. The molecule has 2 aromatic carbocycles. The van der Waals surface area contributed by atoms with Crippen LogP contribution in [0.25, 0.3) is 22.4 Å². The molecule has 1 N–H and O–H groups in total. The summed E-state index contributed by atoms with van der Waals surface area (Å²) in [5.74, 6) is 0.521. The summed E-state index contributed by atoms with van der Waals surface area (Å²) in [6, 6.07) is 13.5. The van der Waals surface area contributed by atoms with Crippen molar-refractivity contribution in [1.29, 1.82) is 0 Å². The van der Waals surface area contributed by atoms with Crippen molar-refractivity contribution in [2.45, 2.75) is 6.92 Å². The van der Waals surface area contributed by atoms with Crippen LogP contribution in [-0.4, -0.2) is 60.0 Å². The van der Waals surface area contributed by atoms with Crippen molar-refractivity contribution in [3.05, 3.63) is 48.0 Å². The van der Waals surface area contributed by atoms with E-state index in [-0.39, 0.29) is 11.9 Å². The number of hydrogen-bond donors (Lipinski definition) is 1. The van der Waals surface area contributed by atoms with Gasteiger partial charge in [0, 0.05) is 44.4 Å². The van der Waals surface area contributed by atoms with E-state index in [0.29, 0.717) is 5.56 Å². The number of esters is 1. The van der Waals surface area contributed by atoms with Crippen molar-refractivity contribution < 1.29 is 14.3 Å². The first-order valence-corrected chi connectivity index (χ1v) is 9.24. The number of methoxy groups -OCH3 is 1. The number of piperazine rings is 1. The Labute approximate surface area is 162 Å². The van der Waals surface area contributed by atoms with E-state index in [0.717, 1.165) is 54.3 Å². The number of anilines is 1. The minimum Gasteiger partial charge on any atom is -0.465 e. The molecule has 1 saturated heterocycles. The minimum absolute atomic E-state index is 0.134. The van der Waals surface area contributed by atoms with Gasteiger partial charge in [-0.1, -0.05) is 0 Å². The number of imidazole rings is 1. The summed E-state index contributed by atoms with van der Waals surface area (Å²) >= 11 is 0. The monoisotopic (exact) mass is 378 g/mol. The van der Waals surface area contributed by atoms with Crippen LogP contribution in [0.5, 0.6) is 0 Å². The van der Waals surface area contributed by atoms with Gasteiger partial charge in [0.15, 0.2) is 0 Å². The number of carbonyl (C=O) groups is 2. The van der Waals surface area contributed by atoms with E-state index in [2.05, 4.69) is 27.0 Å². The van der Waals surface area contributed by atoms with Crippen molar-refractivity contribution in [2.75, 3.05) is 38.2 Å². The predicted molar refractivity (Wildman–Crippen MR) is 107 cm³/mol. The number of fused-ring (bicyclic) bond motifs is 1. The lowest BCUT2D eigenvalue weighted by Gasteiger charge is -2.35. The number of H-pyrrole nitrogens is 1. The minimum atomic E-state index is -0.368. The fourth-order valence-electron chi connectivity index (χ4n) is 3.50. The highest BCUT2D eigenvalue weighted by atomic mass is 16.5. The molecule has 1 aliphatic rings. The molecule has 28 heavy (non-hydrogen) atoms. The van der Waals surface area contributed by atoms with Crippen LogP contribution < -0.4 is 4.90 Å². The number of aromatic nitrogens is 2. The molecular formula is C21H22N4O3. The number of rotatable bonds is 3. The number of aromatic amines is 1. The standard InChI is InChI=1S/C21H22N4O3/c1-14(26)24-9-11-25(12-10-24)17-6-3-15(4-7-17)20-22-18-8-5-16(21(27)28-2)13-19(18)23-20/h3-8,13H,9-12H2,1-2H3,(H,22,23). The summed E-state index contributed by atoms with van der Waals surface area (Å²) in [7, 11) is 1.37. The second-order valence-electron chi connectivity index (χ2n) is 6.85. The van der Waals surface area contributed by atoms with E-state index in [9.17, 15) is 9.59 Å². The van der Waals surface area contributed by atoms with Gasteiger partial charge >= 0.3 is 5.97 Å². The smallest absolute Gasteiger partial charge is 0.337 e. The largest absolute Gasteiger partial charge is 0.465 e. The highest BCUT2D eigenvalue weighted by Gasteiger charge is 2.19. The van der Waals surface area contributed by atoms with Gasteiger partial charge in [-0.2, -0.15) is 0 Å². The van der Waals surface area contributed by atoms with Gasteiger partial charge < -0.3 is 19.5 Å². The molecular weight excluding hydrogens is 356 g/mol. The molecule has 0 unspecified atom stereocenters.